The van der Waals surface area contributed by atoms with E-state index >= 15 is 0 Å². The Labute approximate surface area is 125 Å². The van der Waals surface area contributed by atoms with Gasteiger partial charge in [-0.15, -0.1) is 0 Å². The molecule has 1 aromatic heterocycles. The number of fused-ring (bicyclic) bond motifs is 1. The molecule has 2 aromatic rings. The normalized spacial score (nSPS) is 16.5. The lowest BCUT2D eigenvalue weighted by Gasteiger charge is -2.32. The quantitative estimate of drug-likeness (QED) is 0.907. The fourth-order valence-corrected chi connectivity index (χ4v) is 3.05. The number of carbonyl (C=O) groups excluding carboxylic acids is 1. The van der Waals surface area contributed by atoms with E-state index in [1.807, 2.05) is 35.4 Å². The molecule has 112 valence electrons. The van der Waals surface area contributed by atoms with Crippen LogP contribution in [-0.4, -0.2) is 42.0 Å². The fourth-order valence-electron chi connectivity index (χ4n) is 3.05. The number of benzene rings is 1. The van der Waals surface area contributed by atoms with Crippen molar-refractivity contribution >= 4 is 16.8 Å². The summed E-state index contributed by atoms with van der Waals surface area (Å²) in [5.41, 5.74) is 1.82. The number of H-pyrrole nitrogens is 1. The Morgan fingerprint density at radius 2 is 2.14 bits per heavy atom. The molecule has 2 N–H and O–H groups in total. The molecule has 1 aliphatic heterocycles. The second kappa shape index (κ2) is 6.31. The third-order valence-electron chi connectivity index (χ3n) is 4.39. The summed E-state index contributed by atoms with van der Waals surface area (Å²) in [5, 5.41) is 4.55. The second-order valence-electron chi connectivity index (χ2n) is 5.82. The molecule has 1 aliphatic rings. The van der Waals surface area contributed by atoms with E-state index in [1.54, 1.807) is 0 Å². The van der Waals surface area contributed by atoms with E-state index in [9.17, 15) is 4.79 Å². The lowest BCUT2D eigenvalue weighted by molar-refractivity contribution is 0.0690. The third kappa shape index (κ3) is 3.10. The summed E-state index contributed by atoms with van der Waals surface area (Å²) < 4.78 is 0. The molecule has 0 saturated carbocycles. The SMILES string of the molecule is CCNCC1CCN(C(=O)c2ccc3cc[nH]c3c2)CC1. The maximum atomic E-state index is 12.6. The lowest BCUT2D eigenvalue weighted by Crippen LogP contribution is -2.40. The number of aromatic nitrogens is 1. The Hall–Kier alpha value is -1.81. The second-order valence-corrected chi connectivity index (χ2v) is 5.82. The van der Waals surface area contributed by atoms with Crippen LogP contribution in [0.5, 0.6) is 0 Å². The van der Waals surface area contributed by atoms with Gasteiger partial charge in [-0.05, 0) is 55.4 Å². The van der Waals surface area contributed by atoms with E-state index in [1.165, 1.54) is 0 Å². The van der Waals surface area contributed by atoms with Gasteiger partial charge in [0.05, 0.1) is 0 Å². The summed E-state index contributed by atoms with van der Waals surface area (Å²) in [4.78, 5) is 17.7. The molecule has 0 aliphatic carbocycles. The summed E-state index contributed by atoms with van der Waals surface area (Å²) >= 11 is 0. The van der Waals surface area contributed by atoms with Crippen LogP contribution in [0.3, 0.4) is 0 Å². The predicted molar refractivity (Wildman–Crippen MR) is 85.5 cm³/mol. The largest absolute Gasteiger partial charge is 0.361 e. The molecule has 1 saturated heterocycles. The Morgan fingerprint density at radius 3 is 2.90 bits per heavy atom. The van der Waals surface area contributed by atoms with Crippen molar-refractivity contribution in [2.45, 2.75) is 19.8 Å². The molecular formula is C17H23N3O. The molecule has 0 atom stereocenters. The topological polar surface area (TPSA) is 48.1 Å². The van der Waals surface area contributed by atoms with E-state index in [-0.39, 0.29) is 5.91 Å². The Kier molecular flexibility index (Phi) is 4.25. The number of likely N-dealkylation sites (tertiary alicyclic amines) is 1. The van der Waals surface area contributed by atoms with Gasteiger partial charge in [0.1, 0.15) is 0 Å². The first-order chi connectivity index (χ1) is 10.3. The Bertz CT molecular complexity index is 611. The Balaban J connectivity index is 1.63. The van der Waals surface area contributed by atoms with Crippen molar-refractivity contribution in [2.75, 3.05) is 26.2 Å². The van der Waals surface area contributed by atoms with E-state index < -0.39 is 0 Å². The molecule has 4 nitrogen and oxygen atoms in total. The van der Waals surface area contributed by atoms with Crippen LogP contribution in [-0.2, 0) is 0 Å². The molecule has 1 aromatic carbocycles. The van der Waals surface area contributed by atoms with E-state index in [0.717, 1.165) is 55.5 Å². The van der Waals surface area contributed by atoms with Gasteiger partial charge in [-0.25, -0.2) is 0 Å². The van der Waals surface area contributed by atoms with Crippen LogP contribution in [0.15, 0.2) is 30.5 Å². The number of piperidine rings is 1. The average Bonchev–Trinajstić information content (AvgIpc) is 3.00. The average molecular weight is 285 g/mol. The molecule has 0 spiro atoms. The minimum Gasteiger partial charge on any atom is -0.361 e. The van der Waals surface area contributed by atoms with E-state index in [0.29, 0.717) is 5.92 Å². The maximum absolute atomic E-state index is 12.6. The third-order valence-corrected chi connectivity index (χ3v) is 4.39. The first-order valence-corrected chi connectivity index (χ1v) is 7.85. The fraction of sp³-hybridized carbons (Fsp3) is 0.471. The lowest BCUT2D eigenvalue weighted by atomic mass is 9.96. The molecule has 4 heteroatoms. The van der Waals surface area contributed by atoms with Crippen LogP contribution in [0.4, 0.5) is 0 Å². The van der Waals surface area contributed by atoms with Crippen LogP contribution >= 0.6 is 0 Å². The number of hydrogen-bond acceptors (Lipinski definition) is 2. The maximum Gasteiger partial charge on any atom is 0.253 e. The number of hydrogen-bond donors (Lipinski definition) is 2. The molecule has 1 amide bonds. The number of amides is 1. The van der Waals surface area contributed by atoms with Gasteiger partial charge in [-0.3, -0.25) is 4.79 Å². The molecule has 2 heterocycles. The standard InChI is InChI=1S/C17H23N3O/c1-2-18-12-13-6-9-20(10-7-13)17(21)15-4-3-14-5-8-19-16(14)11-15/h3-5,8,11,13,18-19H,2,6-7,9-10,12H2,1H3. The number of nitrogens with one attached hydrogen (secondary N) is 2. The highest BCUT2D eigenvalue weighted by molar-refractivity contribution is 5.97. The van der Waals surface area contributed by atoms with Crippen LogP contribution in [0, 0.1) is 5.92 Å². The van der Waals surface area contributed by atoms with Gasteiger partial charge in [0.15, 0.2) is 0 Å². The van der Waals surface area contributed by atoms with E-state index in [4.69, 9.17) is 0 Å². The molecule has 0 unspecified atom stereocenters. The van der Waals surface area contributed by atoms with Gasteiger partial charge in [0.2, 0.25) is 0 Å². The summed E-state index contributed by atoms with van der Waals surface area (Å²) in [5.74, 6) is 0.869. The van der Waals surface area contributed by atoms with Crippen molar-refractivity contribution in [3.8, 4) is 0 Å². The van der Waals surface area contributed by atoms with Crippen molar-refractivity contribution < 1.29 is 4.79 Å². The Morgan fingerprint density at radius 1 is 1.33 bits per heavy atom. The van der Waals surface area contributed by atoms with Gasteiger partial charge in [-0.1, -0.05) is 13.0 Å². The highest BCUT2D eigenvalue weighted by Crippen LogP contribution is 2.20. The smallest absolute Gasteiger partial charge is 0.253 e. The monoisotopic (exact) mass is 285 g/mol. The van der Waals surface area contributed by atoms with Crippen LogP contribution in [0.25, 0.3) is 10.9 Å². The van der Waals surface area contributed by atoms with Gasteiger partial charge < -0.3 is 15.2 Å². The van der Waals surface area contributed by atoms with Gasteiger partial charge in [0.25, 0.3) is 5.91 Å². The minimum atomic E-state index is 0.161. The highest BCUT2D eigenvalue weighted by Gasteiger charge is 2.23. The van der Waals surface area contributed by atoms with Crippen molar-refractivity contribution in [2.24, 2.45) is 5.92 Å². The van der Waals surface area contributed by atoms with Crippen molar-refractivity contribution in [1.82, 2.24) is 15.2 Å². The molecule has 0 bridgehead atoms. The summed E-state index contributed by atoms with van der Waals surface area (Å²) in [6.07, 6.45) is 4.11. The summed E-state index contributed by atoms with van der Waals surface area (Å²) in [6.45, 7) is 5.98. The van der Waals surface area contributed by atoms with Crippen molar-refractivity contribution in [3.63, 3.8) is 0 Å². The molecule has 3 rings (SSSR count). The zero-order valence-corrected chi connectivity index (χ0v) is 12.6. The van der Waals surface area contributed by atoms with Crippen molar-refractivity contribution in [1.29, 1.82) is 0 Å². The van der Waals surface area contributed by atoms with Crippen LogP contribution in [0.1, 0.15) is 30.1 Å². The van der Waals surface area contributed by atoms with Crippen LogP contribution < -0.4 is 5.32 Å². The predicted octanol–water partition coefficient (Wildman–Crippen LogP) is 2.63. The first kappa shape index (κ1) is 14.1. The molecule has 0 radical (unpaired) electrons. The number of nitrogens with zero attached hydrogens (tertiary/aromatic N) is 1. The number of carbonyl (C=O) groups is 1. The van der Waals surface area contributed by atoms with E-state index in [2.05, 4.69) is 17.2 Å². The molecule has 1 fully saturated rings. The van der Waals surface area contributed by atoms with Gasteiger partial charge in [0, 0.05) is 30.4 Å². The van der Waals surface area contributed by atoms with Crippen LogP contribution in [0.2, 0.25) is 0 Å². The summed E-state index contributed by atoms with van der Waals surface area (Å²) in [6, 6.07) is 7.93. The van der Waals surface area contributed by atoms with Gasteiger partial charge in [-0.2, -0.15) is 0 Å². The van der Waals surface area contributed by atoms with Crippen molar-refractivity contribution in [3.05, 3.63) is 36.0 Å². The summed E-state index contributed by atoms with van der Waals surface area (Å²) in [7, 11) is 0. The van der Waals surface area contributed by atoms with Gasteiger partial charge >= 0.3 is 0 Å². The zero-order chi connectivity index (χ0) is 14.7. The molecular weight excluding hydrogens is 262 g/mol. The highest BCUT2D eigenvalue weighted by atomic mass is 16.2. The number of aromatic amines is 1. The zero-order valence-electron chi connectivity index (χ0n) is 12.6. The first-order valence-electron chi connectivity index (χ1n) is 7.85. The number of rotatable bonds is 4. The molecule has 21 heavy (non-hydrogen) atoms. The minimum absolute atomic E-state index is 0.161.